The maximum atomic E-state index is 11.4. The van der Waals surface area contributed by atoms with Gasteiger partial charge < -0.3 is 10.4 Å². The maximum absolute atomic E-state index is 11.4. The summed E-state index contributed by atoms with van der Waals surface area (Å²) in [5, 5.41) is 15.1. The van der Waals surface area contributed by atoms with Crippen molar-refractivity contribution in [1.82, 2.24) is 10.3 Å². The molecule has 112 valence electrons. The number of thiazole rings is 1. The van der Waals surface area contributed by atoms with Gasteiger partial charge in [0.15, 0.2) is 0 Å². The van der Waals surface area contributed by atoms with Gasteiger partial charge in [-0.3, -0.25) is 4.79 Å². The fraction of sp³-hybridized carbons (Fsp3) is 0.733. The number of hydrogen-bond donors (Lipinski definition) is 2. The Hall–Kier alpha value is -0.940. The van der Waals surface area contributed by atoms with Crippen LogP contribution in [-0.4, -0.2) is 22.1 Å². The molecule has 4 unspecified atom stereocenters. The van der Waals surface area contributed by atoms with E-state index < -0.39 is 5.97 Å². The molecule has 1 heterocycles. The standard InChI is InChI=1S/C15H24N2O2S/c1-9-12(17-10(2)13-7-20-8-16-13)6-5-11(14(18)19)15(9,3)4/h7-12,17H,5-6H2,1-4H3,(H,18,19). The van der Waals surface area contributed by atoms with Crippen LogP contribution in [0.1, 0.15) is 52.3 Å². The summed E-state index contributed by atoms with van der Waals surface area (Å²) in [7, 11) is 0. The molecule has 20 heavy (non-hydrogen) atoms. The quantitative estimate of drug-likeness (QED) is 0.894. The predicted molar refractivity (Wildman–Crippen MR) is 80.8 cm³/mol. The van der Waals surface area contributed by atoms with Crippen LogP contribution in [0.2, 0.25) is 0 Å². The number of carboxylic acids is 1. The lowest BCUT2D eigenvalue weighted by atomic mass is 9.61. The number of aliphatic carboxylic acids is 1. The highest BCUT2D eigenvalue weighted by Gasteiger charge is 2.46. The van der Waals surface area contributed by atoms with E-state index in [1.54, 1.807) is 11.3 Å². The summed E-state index contributed by atoms with van der Waals surface area (Å²) in [6.45, 7) is 8.45. The van der Waals surface area contributed by atoms with E-state index in [1.165, 1.54) is 0 Å². The van der Waals surface area contributed by atoms with E-state index in [4.69, 9.17) is 0 Å². The van der Waals surface area contributed by atoms with Gasteiger partial charge in [0.1, 0.15) is 0 Å². The van der Waals surface area contributed by atoms with Crippen LogP contribution in [0.3, 0.4) is 0 Å². The summed E-state index contributed by atoms with van der Waals surface area (Å²) < 4.78 is 0. The second-order valence-electron chi connectivity index (χ2n) is 6.49. The summed E-state index contributed by atoms with van der Waals surface area (Å²) >= 11 is 1.61. The second-order valence-corrected chi connectivity index (χ2v) is 7.21. The summed E-state index contributed by atoms with van der Waals surface area (Å²) in [5.74, 6) is -0.587. The van der Waals surface area contributed by atoms with Crippen LogP contribution in [0.25, 0.3) is 0 Å². The molecule has 1 fully saturated rings. The third-order valence-corrected chi connectivity index (χ3v) is 5.70. The van der Waals surface area contributed by atoms with E-state index in [1.807, 2.05) is 5.51 Å². The van der Waals surface area contributed by atoms with Crippen LogP contribution < -0.4 is 5.32 Å². The first-order valence-corrected chi connectivity index (χ1v) is 8.15. The Morgan fingerprint density at radius 3 is 2.80 bits per heavy atom. The van der Waals surface area contributed by atoms with E-state index in [-0.39, 0.29) is 17.4 Å². The number of nitrogens with one attached hydrogen (secondary N) is 1. The van der Waals surface area contributed by atoms with Gasteiger partial charge >= 0.3 is 5.97 Å². The minimum atomic E-state index is -0.659. The van der Waals surface area contributed by atoms with Crippen molar-refractivity contribution in [2.24, 2.45) is 17.3 Å². The van der Waals surface area contributed by atoms with Crippen LogP contribution in [-0.2, 0) is 4.79 Å². The van der Waals surface area contributed by atoms with Crippen LogP contribution in [0.5, 0.6) is 0 Å². The average Bonchev–Trinajstić information content (AvgIpc) is 2.88. The minimum absolute atomic E-state index is 0.191. The molecule has 2 N–H and O–H groups in total. The molecule has 5 heteroatoms. The molecule has 4 nitrogen and oxygen atoms in total. The van der Waals surface area contributed by atoms with Gasteiger partial charge in [-0.05, 0) is 31.1 Å². The zero-order valence-corrected chi connectivity index (χ0v) is 13.4. The molecule has 1 aromatic rings. The summed E-state index contributed by atoms with van der Waals surface area (Å²) in [5.41, 5.74) is 2.73. The Labute approximate surface area is 124 Å². The second kappa shape index (κ2) is 5.82. The van der Waals surface area contributed by atoms with Gasteiger partial charge in [0, 0.05) is 17.5 Å². The first kappa shape index (κ1) is 15.4. The van der Waals surface area contributed by atoms with Gasteiger partial charge in [-0.1, -0.05) is 20.8 Å². The molecule has 1 saturated carbocycles. The third kappa shape index (κ3) is 2.88. The number of rotatable bonds is 4. The van der Waals surface area contributed by atoms with Crippen LogP contribution >= 0.6 is 11.3 Å². The van der Waals surface area contributed by atoms with Crippen molar-refractivity contribution in [3.63, 3.8) is 0 Å². The zero-order valence-electron chi connectivity index (χ0n) is 12.6. The predicted octanol–water partition coefficient (Wildman–Crippen LogP) is 3.32. The molecule has 0 bridgehead atoms. The van der Waals surface area contributed by atoms with Crippen molar-refractivity contribution < 1.29 is 9.90 Å². The summed E-state index contributed by atoms with van der Waals surface area (Å²) in [6.07, 6.45) is 1.66. The molecule has 0 spiro atoms. The van der Waals surface area contributed by atoms with Crippen molar-refractivity contribution in [3.8, 4) is 0 Å². The molecule has 1 aromatic heterocycles. The molecule has 1 aliphatic carbocycles. The molecular formula is C15H24N2O2S. The monoisotopic (exact) mass is 296 g/mol. The highest BCUT2D eigenvalue weighted by molar-refractivity contribution is 7.07. The van der Waals surface area contributed by atoms with E-state index in [0.717, 1.165) is 18.5 Å². The molecule has 0 amide bonds. The zero-order chi connectivity index (χ0) is 14.9. The fourth-order valence-corrected chi connectivity index (χ4v) is 3.96. The van der Waals surface area contributed by atoms with Crippen molar-refractivity contribution in [2.45, 2.75) is 52.6 Å². The number of aromatic nitrogens is 1. The lowest BCUT2D eigenvalue weighted by molar-refractivity contribution is -0.150. The molecule has 0 aliphatic heterocycles. The van der Waals surface area contributed by atoms with Gasteiger partial charge in [-0.2, -0.15) is 0 Å². The van der Waals surface area contributed by atoms with E-state index in [0.29, 0.717) is 12.0 Å². The smallest absolute Gasteiger partial charge is 0.307 e. The Kier molecular flexibility index (Phi) is 4.49. The minimum Gasteiger partial charge on any atom is -0.481 e. The van der Waals surface area contributed by atoms with Gasteiger partial charge in [0.25, 0.3) is 0 Å². The highest BCUT2D eigenvalue weighted by atomic mass is 32.1. The lowest BCUT2D eigenvalue weighted by Gasteiger charge is -2.47. The Balaban J connectivity index is 2.06. The fourth-order valence-electron chi connectivity index (χ4n) is 3.32. The first-order valence-electron chi connectivity index (χ1n) is 7.21. The molecule has 0 aromatic carbocycles. The summed E-state index contributed by atoms with van der Waals surface area (Å²) in [6, 6.07) is 0.558. The Morgan fingerprint density at radius 1 is 1.55 bits per heavy atom. The van der Waals surface area contributed by atoms with Crippen LogP contribution in [0.4, 0.5) is 0 Å². The van der Waals surface area contributed by atoms with Crippen molar-refractivity contribution in [2.75, 3.05) is 0 Å². The van der Waals surface area contributed by atoms with Gasteiger partial charge in [0.05, 0.1) is 17.1 Å². The Bertz CT molecular complexity index is 458. The number of carbonyl (C=O) groups is 1. The van der Waals surface area contributed by atoms with Gasteiger partial charge in [-0.15, -0.1) is 11.3 Å². The molecular weight excluding hydrogens is 272 g/mol. The van der Waals surface area contributed by atoms with Crippen LogP contribution in [0.15, 0.2) is 10.9 Å². The van der Waals surface area contributed by atoms with E-state index in [2.05, 4.69) is 43.4 Å². The number of nitrogens with zero attached hydrogens (tertiary/aromatic N) is 1. The van der Waals surface area contributed by atoms with Crippen molar-refractivity contribution in [1.29, 1.82) is 0 Å². The third-order valence-electron chi connectivity index (χ3n) is 5.10. The molecule has 0 saturated heterocycles. The van der Waals surface area contributed by atoms with E-state index >= 15 is 0 Å². The molecule has 4 atom stereocenters. The van der Waals surface area contributed by atoms with Gasteiger partial charge in [-0.25, -0.2) is 4.98 Å². The first-order chi connectivity index (χ1) is 9.34. The summed E-state index contributed by atoms with van der Waals surface area (Å²) in [4.78, 5) is 15.8. The Morgan fingerprint density at radius 2 is 2.25 bits per heavy atom. The molecule has 1 aliphatic rings. The SMILES string of the molecule is CC(NC1CCC(C(=O)O)C(C)(C)C1C)c1cscn1. The van der Waals surface area contributed by atoms with Crippen molar-refractivity contribution in [3.05, 3.63) is 16.6 Å². The van der Waals surface area contributed by atoms with Gasteiger partial charge in [0.2, 0.25) is 0 Å². The lowest BCUT2D eigenvalue weighted by Crippen LogP contribution is -2.51. The number of hydrogen-bond acceptors (Lipinski definition) is 4. The molecule has 2 rings (SSSR count). The average molecular weight is 296 g/mol. The van der Waals surface area contributed by atoms with Crippen molar-refractivity contribution >= 4 is 17.3 Å². The maximum Gasteiger partial charge on any atom is 0.307 e. The van der Waals surface area contributed by atoms with Crippen LogP contribution in [0, 0.1) is 17.3 Å². The highest BCUT2D eigenvalue weighted by Crippen LogP contribution is 2.45. The molecule has 0 radical (unpaired) electrons. The largest absolute Gasteiger partial charge is 0.481 e. The topological polar surface area (TPSA) is 62.2 Å². The normalized spacial score (nSPS) is 30.9. The van der Waals surface area contributed by atoms with E-state index in [9.17, 15) is 9.90 Å². The number of carboxylic acid groups (broad SMARTS) is 1.